The maximum atomic E-state index is 12.3. The van der Waals surface area contributed by atoms with Crippen LogP contribution in [0, 0.1) is 0 Å². The number of carbonyl (C=O) groups is 1. The Balaban J connectivity index is 1.18. The summed E-state index contributed by atoms with van der Waals surface area (Å²) in [6.07, 6.45) is 9.40. The number of pyridine rings is 2. The molecule has 0 aliphatic heterocycles. The van der Waals surface area contributed by atoms with Gasteiger partial charge in [-0.05, 0) is 54.2 Å². The van der Waals surface area contributed by atoms with Crippen molar-refractivity contribution in [2.24, 2.45) is 0 Å². The molecule has 0 spiro atoms. The van der Waals surface area contributed by atoms with Gasteiger partial charge in [-0.15, -0.1) is 0 Å². The number of nitrogens with one attached hydrogen (secondary N) is 1. The van der Waals surface area contributed by atoms with Crippen LogP contribution in [0.3, 0.4) is 0 Å². The number of ether oxygens (including phenoxy) is 1. The molecular formula is C25H21ClN6O2. The molecule has 1 amide bonds. The van der Waals surface area contributed by atoms with Gasteiger partial charge in [-0.3, -0.25) is 4.68 Å². The van der Waals surface area contributed by atoms with Crippen molar-refractivity contribution in [2.45, 2.75) is 31.8 Å². The predicted molar refractivity (Wildman–Crippen MR) is 128 cm³/mol. The number of benzene rings is 1. The minimum Gasteiger partial charge on any atom is -0.390 e. The van der Waals surface area contributed by atoms with Crippen LogP contribution in [0.25, 0.3) is 16.6 Å². The second kappa shape index (κ2) is 8.46. The van der Waals surface area contributed by atoms with E-state index in [1.165, 1.54) is 18.4 Å². The van der Waals surface area contributed by atoms with Crippen molar-refractivity contribution in [2.75, 3.05) is 0 Å². The summed E-state index contributed by atoms with van der Waals surface area (Å²) in [5.74, 6) is 0.898. The maximum Gasteiger partial charge on any atom is 0.414 e. The first-order chi connectivity index (χ1) is 16.6. The molecule has 1 fully saturated rings. The van der Waals surface area contributed by atoms with Crippen LogP contribution in [0.1, 0.15) is 35.6 Å². The number of hydrogen-bond donors (Lipinski definition) is 1. The fourth-order valence-electron chi connectivity index (χ4n) is 4.08. The zero-order chi connectivity index (χ0) is 23.1. The molecule has 5 aromatic rings. The lowest BCUT2D eigenvalue weighted by Gasteiger charge is -2.07. The number of rotatable bonds is 6. The van der Waals surface area contributed by atoms with Gasteiger partial charge in [0.1, 0.15) is 5.65 Å². The van der Waals surface area contributed by atoms with Gasteiger partial charge in [0.2, 0.25) is 5.88 Å². The van der Waals surface area contributed by atoms with E-state index in [-0.39, 0.29) is 5.88 Å². The standard InChI is InChI=1S/C25H21ClN6O2/c26-19-3-1-2-16(10-19)11-28-25(33)34-24-21-12-29-32(22(21)8-9-27-24)15-20-14-31-13-18(17-4-5-17)6-7-23(31)30-20/h1-3,6-10,12-14,17H,4-5,11,15H2,(H,28,33). The third-order valence-corrected chi connectivity index (χ3v) is 6.17. The van der Waals surface area contributed by atoms with Gasteiger partial charge < -0.3 is 14.5 Å². The molecule has 0 saturated heterocycles. The average molecular weight is 473 g/mol. The second-order valence-electron chi connectivity index (χ2n) is 8.46. The fraction of sp³-hybridized carbons (Fsp3) is 0.200. The quantitative estimate of drug-likeness (QED) is 0.378. The van der Waals surface area contributed by atoms with E-state index in [1.807, 2.05) is 29.1 Å². The van der Waals surface area contributed by atoms with Gasteiger partial charge >= 0.3 is 6.09 Å². The Kier molecular flexibility index (Phi) is 5.15. The van der Waals surface area contributed by atoms with Crippen molar-refractivity contribution in [1.82, 2.24) is 29.5 Å². The molecule has 0 radical (unpaired) electrons. The van der Waals surface area contributed by atoms with E-state index in [0.29, 0.717) is 29.4 Å². The van der Waals surface area contributed by atoms with Crippen LogP contribution >= 0.6 is 11.6 Å². The first-order valence-corrected chi connectivity index (χ1v) is 11.5. The van der Waals surface area contributed by atoms with Gasteiger partial charge in [0.15, 0.2) is 0 Å². The van der Waals surface area contributed by atoms with Crippen LogP contribution in [0.4, 0.5) is 4.79 Å². The van der Waals surface area contributed by atoms with Crippen LogP contribution in [-0.2, 0) is 13.1 Å². The predicted octanol–water partition coefficient (Wildman–Crippen LogP) is 4.95. The van der Waals surface area contributed by atoms with E-state index in [1.54, 1.807) is 24.5 Å². The Bertz CT molecular complexity index is 1520. The lowest BCUT2D eigenvalue weighted by Crippen LogP contribution is -2.26. The minimum absolute atomic E-state index is 0.205. The number of fused-ring (bicyclic) bond motifs is 2. The molecule has 0 bridgehead atoms. The summed E-state index contributed by atoms with van der Waals surface area (Å²) in [7, 11) is 0. The summed E-state index contributed by atoms with van der Waals surface area (Å²) in [6, 6.07) is 13.4. The molecule has 0 atom stereocenters. The van der Waals surface area contributed by atoms with Crippen molar-refractivity contribution in [1.29, 1.82) is 0 Å². The molecule has 1 saturated carbocycles. The summed E-state index contributed by atoms with van der Waals surface area (Å²) in [4.78, 5) is 21.3. The summed E-state index contributed by atoms with van der Waals surface area (Å²) in [5, 5.41) is 8.47. The number of hydrogen-bond acceptors (Lipinski definition) is 5. The van der Waals surface area contributed by atoms with Crippen molar-refractivity contribution < 1.29 is 9.53 Å². The highest BCUT2D eigenvalue weighted by atomic mass is 35.5. The highest BCUT2D eigenvalue weighted by Crippen LogP contribution is 2.39. The number of halogens is 1. The first kappa shape index (κ1) is 20.7. The molecule has 4 aromatic heterocycles. The van der Waals surface area contributed by atoms with Gasteiger partial charge in [0.05, 0.1) is 29.3 Å². The van der Waals surface area contributed by atoms with E-state index < -0.39 is 6.09 Å². The number of amides is 1. The Morgan fingerprint density at radius 1 is 1.18 bits per heavy atom. The highest BCUT2D eigenvalue weighted by Gasteiger charge is 2.23. The van der Waals surface area contributed by atoms with Crippen molar-refractivity contribution in [3.05, 3.63) is 89.1 Å². The Morgan fingerprint density at radius 3 is 2.94 bits per heavy atom. The summed E-state index contributed by atoms with van der Waals surface area (Å²) < 4.78 is 9.37. The van der Waals surface area contributed by atoms with E-state index in [9.17, 15) is 4.79 Å². The van der Waals surface area contributed by atoms with E-state index >= 15 is 0 Å². The summed E-state index contributed by atoms with van der Waals surface area (Å²) in [5.41, 5.74) is 4.86. The van der Waals surface area contributed by atoms with Crippen molar-refractivity contribution >= 4 is 34.2 Å². The lowest BCUT2D eigenvalue weighted by atomic mass is 10.2. The Morgan fingerprint density at radius 2 is 2.09 bits per heavy atom. The molecule has 34 heavy (non-hydrogen) atoms. The van der Waals surface area contributed by atoms with Gasteiger partial charge in [0.25, 0.3) is 0 Å². The lowest BCUT2D eigenvalue weighted by molar-refractivity contribution is 0.199. The monoisotopic (exact) mass is 472 g/mol. The van der Waals surface area contributed by atoms with Crippen LogP contribution < -0.4 is 10.1 Å². The molecule has 1 aliphatic rings. The van der Waals surface area contributed by atoms with Gasteiger partial charge in [-0.25, -0.2) is 14.8 Å². The van der Waals surface area contributed by atoms with Crippen molar-refractivity contribution in [3.63, 3.8) is 0 Å². The maximum absolute atomic E-state index is 12.3. The van der Waals surface area contributed by atoms with Crippen LogP contribution in [0.15, 0.2) is 67.3 Å². The third-order valence-electron chi connectivity index (χ3n) is 5.93. The van der Waals surface area contributed by atoms with E-state index in [2.05, 4.69) is 38.1 Å². The van der Waals surface area contributed by atoms with Gasteiger partial charge in [0, 0.05) is 30.2 Å². The second-order valence-corrected chi connectivity index (χ2v) is 8.89. The SMILES string of the molecule is O=C(NCc1cccc(Cl)c1)Oc1nccc2c1cnn2Cc1cn2cc(C3CC3)ccc2n1. The zero-order valence-electron chi connectivity index (χ0n) is 18.2. The van der Waals surface area contributed by atoms with Crippen LogP contribution in [0.2, 0.25) is 5.02 Å². The van der Waals surface area contributed by atoms with Gasteiger partial charge in [-0.1, -0.05) is 29.8 Å². The molecule has 9 heteroatoms. The molecule has 1 aliphatic carbocycles. The van der Waals surface area contributed by atoms with Gasteiger partial charge in [-0.2, -0.15) is 5.10 Å². The fourth-order valence-corrected chi connectivity index (χ4v) is 4.30. The molecule has 170 valence electrons. The zero-order valence-corrected chi connectivity index (χ0v) is 18.9. The average Bonchev–Trinajstić information content (AvgIpc) is 3.49. The normalized spacial score (nSPS) is 13.4. The first-order valence-electron chi connectivity index (χ1n) is 11.1. The Hall–Kier alpha value is -3.91. The number of aromatic nitrogens is 5. The molecule has 6 rings (SSSR count). The number of imidazole rings is 1. The highest BCUT2D eigenvalue weighted by molar-refractivity contribution is 6.30. The largest absolute Gasteiger partial charge is 0.414 e. The van der Waals surface area contributed by atoms with E-state index in [0.717, 1.165) is 22.4 Å². The number of nitrogens with zero attached hydrogens (tertiary/aromatic N) is 5. The minimum atomic E-state index is -0.598. The Labute approximate surface area is 200 Å². The number of carbonyl (C=O) groups excluding carboxylic acids is 1. The molecule has 4 heterocycles. The topological polar surface area (TPSA) is 86.3 Å². The smallest absolute Gasteiger partial charge is 0.390 e. The van der Waals surface area contributed by atoms with Crippen molar-refractivity contribution in [3.8, 4) is 5.88 Å². The van der Waals surface area contributed by atoms with E-state index in [4.69, 9.17) is 21.3 Å². The van der Waals surface area contributed by atoms with Crippen LogP contribution in [0.5, 0.6) is 5.88 Å². The third kappa shape index (κ3) is 4.20. The molecule has 0 unspecified atom stereocenters. The van der Waals surface area contributed by atoms with Crippen LogP contribution in [-0.4, -0.2) is 30.2 Å². The molecule has 1 aromatic carbocycles. The molecule has 8 nitrogen and oxygen atoms in total. The molecule has 1 N–H and O–H groups in total. The summed E-state index contributed by atoms with van der Waals surface area (Å²) >= 11 is 5.99. The summed E-state index contributed by atoms with van der Waals surface area (Å²) in [6.45, 7) is 0.791. The molecular weight excluding hydrogens is 452 g/mol.